The molecular weight excluding hydrogens is 194 g/mol. The third kappa shape index (κ3) is 2.22. The van der Waals surface area contributed by atoms with Crippen LogP contribution in [0.1, 0.15) is 30.5 Å². The molecule has 0 saturated heterocycles. The lowest BCUT2D eigenvalue weighted by Crippen LogP contribution is -2.24. The van der Waals surface area contributed by atoms with Crippen molar-refractivity contribution in [3.05, 3.63) is 16.1 Å². The summed E-state index contributed by atoms with van der Waals surface area (Å²) in [4.78, 5) is 3.84. The number of aromatic nitrogens is 1. The summed E-state index contributed by atoms with van der Waals surface area (Å²) < 4.78 is 26.0. The molecule has 0 bridgehead atoms. The molecule has 0 atom stereocenters. The molecule has 0 radical (unpaired) electrons. The highest BCUT2D eigenvalue weighted by atomic mass is 32.1. The van der Waals surface area contributed by atoms with Crippen LogP contribution in [0, 0.1) is 0 Å². The van der Waals surface area contributed by atoms with E-state index in [-0.39, 0.29) is 10.9 Å². The number of nitrogens with zero attached hydrogens (tertiary/aromatic N) is 1. The number of thiazole rings is 1. The molecule has 0 amide bonds. The van der Waals surface area contributed by atoms with Crippen LogP contribution in [0.25, 0.3) is 0 Å². The van der Waals surface area contributed by atoms with Crippen molar-refractivity contribution < 1.29 is 8.78 Å². The van der Waals surface area contributed by atoms with Crippen molar-refractivity contribution in [2.45, 2.75) is 25.7 Å². The molecule has 5 heteroatoms. The second-order valence-electron chi connectivity index (χ2n) is 3.14. The Balaban J connectivity index is 2.91. The summed E-state index contributed by atoms with van der Waals surface area (Å²) in [5.41, 5.74) is 5.64. The van der Waals surface area contributed by atoms with Crippen LogP contribution >= 0.6 is 11.3 Å². The minimum atomic E-state index is -2.97. The van der Waals surface area contributed by atoms with Gasteiger partial charge in [-0.25, -0.2) is 4.98 Å². The number of rotatable bonds is 3. The number of hydrogen-bond acceptors (Lipinski definition) is 3. The van der Waals surface area contributed by atoms with E-state index >= 15 is 0 Å². The van der Waals surface area contributed by atoms with Gasteiger partial charge in [0.1, 0.15) is 0 Å². The third-order valence-electron chi connectivity index (χ3n) is 1.68. The Morgan fingerprint density at radius 3 is 2.62 bits per heavy atom. The molecule has 1 aromatic rings. The molecule has 0 fully saturated rings. The van der Waals surface area contributed by atoms with Gasteiger partial charge in [0.25, 0.3) is 0 Å². The van der Waals surface area contributed by atoms with E-state index in [1.54, 1.807) is 5.38 Å². The maximum Gasteiger partial charge on any atom is 0.310 e. The van der Waals surface area contributed by atoms with Crippen molar-refractivity contribution in [2.24, 2.45) is 5.73 Å². The van der Waals surface area contributed by atoms with Gasteiger partial charge in [0, 0.05) is 5.38 Å². The van der Waals surface area contributed by atoms with E-state index in [0.29, 0.717) is 5.69 Å². The van der Waals surface area contributed by atoms with Gasteiger partial charge in [-0.3, -0.25) is 0 Å². The number of hydrogen-bond donors (Lipinski definition) is 1. The Bertz CT molecular complexity index is 283. The van der Waals surface area contributed by atoms with Crippen LogP contribution in [0.15, 0.2) is 5.38 Å². The normalized spacial score (nSPS) is 12.5. The van der Waals surface area contributed by atoms with Gasteiger partial charge in [0.15, 0.2) is 5.01 Å². The Hall–Kier alpha value is -0.550. The zero-order valence-electron chi connectivity index (χ0n) is 7.55. The molecule has 0 unspecified atom stereocenters. The van der Waals surface area contributed by atoms with Crippen molar-refractivity contribution in [3.63, 3.8) is 0 Å². The Labute approximate surface area is 79.8 Å². The average Bonchev–Trinajstić information content (AvgIpc) is 2.52. The van der Waals surface area contributed by atoms with Crippen LogP contribution in [0.2, 0.25) is 0 Å². The highest BCUT2D eigenvalue weighted by Crippen LogP contribution is 2.30. The topological polar surface area (TPSA) is 38.9 Å². The van der Waals surface area contributed by atoms with Crippen LogP contribution in [0.4, 0.5) is 8.78 Å². The largest absolute Gasteiger partial charge is 0.325 e. The third-order valence-corrected chi connectivity index (χ3v) is 2.66. The molecule has 0 aliphatic heterocycles. The Morgan fingerprint density at radius 1 is 1.62 bits per heavy atom. The first-order chi connectivity index (χ1) is 5.97. The van der Waals surface area contributed by atoms with Crippen molar-refractivity contribution in [1.29, 1.82) is 0 Å². The first-order valence-electron chi connectivity index (χ1n) is 4.01. The van der Waals surface area contributed by atoms with Crippen molar-refractivity contribution >= 4 is 11.3 Å². The maximum atomic E-state index is 13.0. The average molecular weight is 206 g/mol. The molecule has 1 rings (SSSR count). The predicted molar refractivity (Wildman–Crippen MR) is 49.2 cm³/mol. The molecule has 1 aromatic heterocycles. The van der Waals surface area contributed by atoms with Gasteiger partial charge < -0.3 is 5.73 Å². The van der Waals surface area contributed by atoms with Gasteiger partial charge in [0.05, 0.1) is 12.2 Å². The standard InChI is InChI=1S/C8H12F2N2S/c1-5(2)6-3-13-7(12-6)8(9,10)4-11/h3,5H,4,11H2,1-2H3. The molecule has 0 aliphatic carbocycles. The molecular formula is C8H12F2N2S. The number of alkyl halides is 2. The van der Waals surface area contributed by atoms with Gasteiger partial charge in [-0.2, -0.15) is 8.78 Å². The van der Waals surface area contributed by atoms with Crippen molar-refractivity contribution in [3.8, 4) is 0 Å². The lowest BCUT2D eigenvalue weighted by atomic mass is 10.2. The van der Waals surface area contributed by atoms with E-state index in [1.165, 1.54) is 0 Å². The Morgan fingerprint density at radius 2 is 2.23 bits per heavy atom. The fourth-order valence-corrected chi connectivity index (χ4v) is 1.78. The molecule has 0 aliphatic rings. The lowest BCUT2D eigenvalue weighted by molar-refractivity contribution is 0.00557. The van der Waals surface area contributed by atoms with E-state index in [1.807, 2.05) is 13.8 Å². The fraction of sp³-hybridized carbons (Fsp3) is 0.625. The molecule has 0 saturated carbocycles. The predicted octanol–water partition coefficient (Wildman–Crippen LogP) is 2.32. The Kier molecular flexibility index (Phi) is 2.98. The minimum Gasteiger partial charge on any atom is -0.325 e. The van der Waals surface area contributed by atoms with Gasteiger partial charge >= 0.3 is 5.92 Å². The number of halogens is 2. The first kappa shape index (κ1) is 10.5. The smallest absolute Gasteiger partial charge is 0.310 e. The maximum absolute atomic E-state index is 13.0. The summed E-state index contributed by atoms with van der Waals surface area (Å²) in [6.45, 7) is 3.15. The molecule has 13 heavy (non-hydrogen) atoms. The summed E-state index contributed by atoms with van der Waals surface area (Å²) in [6.07, 6.45) is 0. The monoisotopic (exact) mass is 206 g/mol. The molecule has 2 nitrogen and oxygen atoms in total. The van der Waals surface area contributed by atoms with Crippen LogP contribution < -0.4 is 5.73 Å². The highest BCUT2D eigenvalue weighted by Gasteiger charge is 2.33. The molecule has 0 aromatic carbocycles. The van der Waals surface area contributed by atoms with E-state index in [4.69, 9.17) is 5.73 Å². The summed E-state index contributed by atoms with van der Waals surface area (Å²) in [7, 11) is 0. The van der Waals surface area contributed by atoms with E-state index in [0.717, 1.165) is 11.3 Å². The summed E-state index contributed by atoms with van der Waals surface area (Å²) in [6, 6.07) is 0. The fourth-order valence-electron chi connectivity index (χ4n) is 0.807. The summed E-state index contributed by atoms with van der Waals surface area (Å²) in [5, 5.41) is 1.47. The minimum absolute atomic E-state index is 0.179. The van der Waals surface area contributed by atoms with E-state index in [9.17, 15) is 8.78 Å². The van der Waals surface area contributed by atoms with Crippen LogP contribution in [-0.4, -0.2) is 11.5 Å². The van der Waals surface area contributed by atoms with Crippen molar-refractivity contribution in [2.75, 3.05) is 6.54 Å². The van der Waals surface area contributed by atoms with Gasteiger partial charge in [-0.05, 0) is 5.92 Å². The van der Waals surface area contributed by atoms with E-state index in [2.05, 4.69) is 4.98 Å². The summed E-state index contributed by atoms with van der Waals surface area (Å²) in [5.74, 6) is -2.80. The van der Waals surface area contributed by atoms with Crippen LogP contribution in [0.3, 0.4) is 0 Å². The zero-order chi connectivity index (χ0) is 10.1. The van der Waals surface area contributed by atoms with Gasteiger partial charge in [0.2, 0.25) is 0 Å². The highest BCUT2D eigenvalue weighted by molar-refractivity contribution is 7.09. The molecule has 1 heterocycles. The number of nitrogens with two attached hydrogens (primary N) is 1. The van der Waals surface area contributed by atoms with E-state index < -0.39 is 12.5 Å². The van der Waals surface area contributed by atoms with Crippen molar-refractivity contribution in [1.82, 2.24) is 4.98 Å². The summed E-state index contributed by atoms with van der Waals surface area (Å²) >= 11 is 0.968. The molecule has 2 N–H and O–H groups in total. The van der Waals surface area contributed by atoms with Crippen LogP contribution in [0.5, 0.6) is 0 Å². The second-order valence-corrected chi connectivity index (χ2v) is 4.00. The van der Waals surface area contributed by atoms with Gasteiger partial charge in [-0.1, -0.05) is 13.8 Å². The SMILES string of the molecule is CC(C)c1csc(C(F)(F)CN)n1. The van der Waals surface area contributed by atoms with Crippen LogP contribution in [-0.2, 0) is 5.92 Å². The lowest BCUT2D eigenvalue weighted by Gasteiger charge is -2.09. The molecule has 0 spiro atoms. The quantitative estimate of drug-likeness (QED) is 0.824. The first-order valence-corrected chi connectivity index (χ1v) is 4.89. The molecule has 74 valence electrons. The zero-order valence-corrected chi connectivity index (χ0v) is 8.37. The van der Waals surface area contributed by atoms with Gasteiger partial charge in [-0.15, -0.1) is 11.3 Å². The second kappa shape index (κ2) is 3.67.